The smallest absolute Gasteiger partial charge is 0.0850 e. The molecule has 0 aliphatic rings. The van der Waals surface area contributed by atoms with E-state index in [1.54, 1.807) is 0 Å². The second kappa shape index (κ2) is 5.94. The van der Waals surface area contributed by atoms with Crippen molar-refractivity contribution in [2.45, 2.75) is 39.7 Å². The summed E-state index contributed by atoms with van der Waals surface area (Å²) >= 11 is 6.37. The molecule has 108 valence electrons. The Kier molecular flexibility index (Phi) is 4.45. The molecule has 0 bridgehead atoms. The molecule has 0 aliphatic carbocycles. The number of aromatic nitrogens is 3. The van der Waals surface area contributed by atoms with E-state index < -0.39 is 0 Å². The average molecular weight is 293 g/mol. The van der Waals surface area contributed by atoms with E-state index in [0.717, 1.165) is 39.8 Å². The Morgan fingerprint density at radius 3 is 2.40 bits per heavy atom. The van der Waals surface area contributed by atoms with Crippen molar-refractivity contribution in [2.24, 2.45) is 12.8 Å². The van der Waals surface area contributed by atoms with Crippen molar-refractivity contribution in [2.75, 3.05) is 0 Å². The Morgan fingerprint density at radius 1 is 1.30 bits per heavy atom. The molecule has 4 nitrogen and oxygen atoms in total. The maximum absolute atomic E-state index is 6.37. The van der Waals surface area contributed by atoms with Gasteiger partial charge in [0, 0.05) is 30.9 Å². The molecule has 1 atom stereocenters. The third kappa shape index (κ3) is 3.02. The molecule has 2 rings (SSSR count). The third-order valence-electron chi connectivity index (χ3n) is 3.45. The zero-order valence-corrected chi connectivity index (χ0v) is 13.2. The summed E-state index contributed by atoms with van der Waals surface area (Å²) in [7, 11) is 1.91. The Morgan fingerprint density at radius 2 is 1.90 bits per heavy atom. The van der Waals surface area contributed by atoms with Crippen LogP contribution in [-0.4, -0.2) is 14.8 Å². The molecule has 2 heterocycles. The summed E-state index contributed by atoms with van der Waals surface area (Å²) in [5, 5.41) is 5.17. The molecule has 0 saturated carbocycles. The summed E-state index contributed by atoms with van der Waals surface area (Å²) in [6.07, 6.45) is 1.50. The van der Waals surface area contributed by atoms with Crippen molar-refractivity contribution in [3.05, 3.63) is 45.5 Å². The molecule has 0 saturated heterocycles. The van der Waals surface area contributed by atoms with Crippen LogP contribution in [0.3, 0.4) is 0 Å². The highest BCUT2D eigenvalue weighted by molar-refractivity contribution is 6.31. The van der Waals surface area contributed by atoms with Crippen molar-refractivity contribution >= 4 is 11.6 Å². The SMILES string of the molecule is CCc1nn(C)c(CC(N)c2cc(C)nc(C)c2)c1Cl. The van der Waals surface area contributed by atoms with E-state index >= 15 is 0 Å². The summed E-state index contributed by atoms with van der Waals surface area (Å²) < 4.78 is 1.84. The summed E-state index contributed by atoms with van der Waals surface area (Å²) in [5.74, 6) is 0. The fraction of sp³-hybridized carbons (Fsp3) is 0.467. The van der Waals surface area contributed by atoms with Gasteiger partial charge in [0.05, 0.1) is 16.4 Å². The molecule has 0 amide bonds. The lowest BCUT2D eigenvalue weighted by Crippen LogP contribution is -2.16. The van der Waals surface area contributed by atoms with Gasteiger partial charge in [-0.15, -0.1) is 0 Å². The fourth-order valence-corrected chi connectivity index (χ4v) is 2.82. The zero-order chi connectivity index (χ0) is 14.9. The number of halogens is 1. The summed E-state index contributed by atoms with van der Waals surface area (Å²) in [5.41, 5.74) is 11.3. The summed E-state index contributed by atoms with van der Waals surface area (Å²) in [6.45, 7) is 6.01. The molecule has 0 aromatic carbocycles. The van der Waals surface area contributed by atoms with Gasteiger partial charge in [-0.25, -0.2) is 0 Å². The molecule has 20 heavy (non-hydrogen) atoms. The highest BCUT2D eigenvalue weighted by Crippen LogP contribution is 2.25. The van der Waals surface area contributed by atoms with Crippen LogP contribution in [0.4, 0.5) is 0 Å². The molecular formula is C15H21ClN4. The molecule has 2 N–H and O–H groups in total. The van der Waals surface area contributed by atoms with Crippen molar-refractivity contribution in [1.82, 2.24) is 14.8 Å². The normalized spacial score (nSPS) is 12.7. The third-order valence-corrected chi connectivity index (χ3v) is 3.88. The maximum atomic E-state index is 6.37. The van der Waals surface area contributed by atoms with Crippen molar-refractivity contribution < 1.29 is 0 Å². The van der Waals surface area contributed by atoms with Crippen LogP contribution in [0, 0.1) is 13.8 Å². The van der Waals surface area contributed by atoms with Crippen molar-refractivity contribution in [3.8, 4) is 0 Å². The number of hydrogen-bond acceptors (Lipinski definition) is 3. The van der Waals surface area contributed by atoms with Crippen LogP contribution in [0.25, 0.3) is 0 Å². The number of nitrogens with zero attached hydrogens (tertiary/aromatic N) is 3. The predicted molar refractivity (Wildman–Crippen MR) is 81.9 cm³/mol. The van der Waals surface area contributed by atoms with Crippen molar-refractivity contribution in [3.63, 3.8) is 0 Å². The van der Waals surface area contributed by atoms with Crippen LogP contribution in [-0.2, 0) is 19.9 Å². The van der Waals surface area contributed by atoms with Crippen LogP contribution >= 0.6 is 11.6 Å². The number of rotatable bonds is 4. The first-order chi connectivity index (χ1) is 9.42. The first kappa shape index (κ1) is 15.0. The first-order valence-corrected chi connectivity index (χ1v) is 7.21. The topological polar surface area (TPSA) is 56.7 Å². The Hall–Kier alpha value is -1.39. The van der Waals surface area contributed by atoms with E-state index in [4.69, 9.17) is 17.3 Å². The molecule has 2 aromatic rings. The molecule has 0 aliphatic heterocycles. The minimum Gasteiger partial charge on any atom is -0.324 e. The molecule has 0 radical (unpaired) electrons. The fourth-order valence-electron chi connectivity index (χ4n) is 2.45. The standard InChI is InChI=1S/C15H21ClN4/c1-5-13-15(16)14(20(4)19-13)8-12(17)11-6-9(2)18-10(3)7-11/h6-7,12H,5,8,17H2,1-4H3. The summed E-state index contributed by atoms with van der Waals surface area (Å²) in [4.78, 5) is 4.38. The number of hydrogen-bond donors (Lipinski definition) is 1. The van der Waals surface area contributed by atoms with Crippen LogP contribution in [0.15, 0.2) is 12.1 Å². The largest absolute Gasteiger partial charge is 0.324 e. The Bertz CT molecular complexity index is 598. The Balaban J connectivity index is 2.27. The van der Waals surface area contributed by atoms with Gasteiger partial charge in [-0.05, 0) is 38.0 Å². The minimum absolute atomic E-state index is 0.104. The minimum atomic E-state index is -0.104. The predicted octanol–water partition coefficient (Wildman–Crippen LogP) is 2.89. The molecule has 0 spiro atoms. The van der Waals surface area contributed by atoms with Crippen LogP contribution in [0.2, 0.25) is 5.02 Å². The molecule has 5 heteroatoms. The number of aryl methyl sites for hydroxylation is 4. The van der Waals surface area contributed by atoms with E-state index in [9.17, 15) is 0 Å². The van der Waals surface area contributed by atoms with Crippen LogP contribution < -0.4 is 5.73 Å². The van der Waals surface area contributed by atoms with E-state index in [0.29, 0.717) is 6.42 Å². The number of pyridine rings is 1. The zero-order valence-electron chi connectivity index (χ0n) is 12.4. The van der Waals surface area contributed by atoms with Gasteiger partial charge in [0.25, 0.3) is 0 Å². The van der Waals surface area contributed by atoms with Gasteiger partial charge < -0.3 is 5.73 Å². The summed E-state index contributed by atoms with van der Waals surface area (Å²) in [6, 6.07) is 3.96. The second-order valence-electron chi connectivity index (χ2n) is 5.18. The lowest BCUT2D eigenvalue weighted by Gasteiger charge is -2.14. The second-order valence-corrected chi connectivity index (χ2v) is 5.56. The Labute approximate surface area is 125 Å². The average Bonchev–Trinajstić information content (AvgIpc) is 2.65. The van der Waals surface area contributed by atoms with Gasteiger partial charge in [0.2, 0.25) is 0 Å². The van der Waals surface area contributed by atoms with E-state index in [2.05, 4.69) is 10.1 Å². The van der Waals surface area contributed by atoms with Gasteiger partial charge in [-0.1, -0.05) is 18.5 Å². The molecular weight excluding hydrogens is 272 g/mol. The lowest BCUT2D eigenvalue weighted by atomic mass is 10.0. The highest BCUT2D eigenvalue weighted by Gasteiger charge is 2.17. The van der Waals surface area contributed by atoms with Crippen molar-refractivity contribution in [1.29, 1.82) is 0 Å². The first-order valence-electron chi connectivity index (χ1n) is 6.83. The van der Waals surface area contributed by atoms with E-state index in [-0.39, 0.29) is 6.04 Å². The van der Waals surface area contributed by atoms with Gasteiger partial charge >= 0.3 is 0 Å². The number of nitrogens with two attached hydrogens (primary N) is 1. The quantitative estimate of drug-likeness (QED) is 0.943. The van der Waals surface area contributed by atoms with Gasteiger partial charge in [0.1, 0.15) is 0 Å². The van der Waals surface area contributed by atoms with Crippen LogP contribution in [0.5, 0.6) is 0 Å². The van der Waals surface area contributed by atoms with Gasteiger partial charge in [0.15, 0.2) is 0 Å². The van der Waals surface area contributed by atoms with E-state index in [1.165, 1.54) is 0 Å². The van der Waals surface area contributed by atoms with Crippen LogP contribution in [0.1, 0.15) is 41.3 Å². The maximum Gasteiger partial charge on any atom is 0.0850 e. The molecule has 2 aromatic heterocycles. The lowest BCUT2D eigenvalue weighted by molar-refractivity contribution is 0.637. The highest BCUT2D eigenvalue weighted by atomic mass is 35.5. The van der Waals surface area contributed by atoms with E-state index in [1.807, 2.05) is 44.6 Å². The monoisotopic (exact) mass is 292 g/mol. The molecule has 0 fully saturated rings. The molecule has 1 unspecified atom stereocenters. The van der Waals surface area contributed by atoms with Gasteiger partial charge in [-0.3, -0.25) is 9.67 Å². The van der Waals surface area contributed by atoms with Gasteiger partial charge in [-0.2, -0.15) is 5.10 Å².